The Kier molecular flexibility index (Phi) is 3.86. The van der Waals surface area contributed by atoms with Gasteiger partial charge in [0.2, 0.25) is 10.0 Å². The molecule has 1 aliphatic carbocycles. The number of hydrogen-bond acceptors (Lipinski definition) is 4. The Labute approximate surface area is 129 Å². The van der Waals surface area contributed by atoms with Crippen molar-refractivity contribution in [3.63, 3.8) is 0 Å². The van der Waals surface area contributed by atoms with Crippen LogP contribution in [0.1, 0.15) is 28.2 Å². The molecule has 2 aromatic rings. The molecule has 4 nitrogen and oxygen atoms in total. The van der Waals surface area contributed by atoms with Crippen molar-refractivity contribution in [3.05, 3.63) is 45.4 Å². The second kappa shape index (κ2) is 5.51. The molecule has 0 amide bonds. The lowest BCUT2D eigenvalue weighted by atomic mass is 10.1. The van der Waals surface area contributed by atoms with Crippen molar-refractivity contribution in [1.29, 1.82) is 0 Å². The molecular formula is C15H18N2O2S2. The molecule has 0 fully saturated rings. The van der Waals surface area contributed by atoms with E-state index in [-0.39, 0.29) is 0 Å². The van der Waals surface area contributed by atoms with E-state index in [0.29, 0.717) is 11.4 Å². The molecule has 1 aliphatic rings. The van der Waals surface area contributed by atoms with E-state index in [2.05, 4.69) is 4.98 Å². The van der Waals surface area contributed by atoms with E-state index in [1.54, 1.807) is 13.1 Å². The van der Waals surface area contributed by atoms with Gasteiger partial charge in [-0.2, -0.15) is 4.31 Å². The van der Waals surface area contributed by atoms with E-state index < -0.39 is 10.0 Å². The minimum absolute atomic E-state index is 0.309. The Hall–Kier alpha value is -1.24. The van der Waals surface area contributed by atoms with Crippen LogP contribution in [0.4, 0.5) is 0 Å². The normalized spacial score (nSPS) is 14.6. The van der Waals surface area contributed by atoms with Crippen molar-refractivity contribution in [2.24, 2.45) is 0 Å². The van der Waals surface area contributed by atoms with E-state index in [1.165, 1.54) is 26.8 Å². The molecule has 0 spiro atoms. The van der Waals surface area contributed by atoms with Crippen LogP contribution in [0.15, 0.2) is 28.5 Å². The Morgan fingerprint density at radius 3 is 2.76 bits per heavy atom. The first-order valence-corrected chi connectivity index (χ1v) is 9.28. The van der Waals surface area contributed by atoms with Crippen LogP contribution >= 0.6 is 11.3 Å². The SMILES string of the molecule is Cc1nc(CN(C)S(=O)(=O)c2ccc3c(c2)CCC3)cs1. The van der Waals surface area contributed by atoms with Gasteiger partial charge in [-0.1, -0.05) is 6.07 Å². The first kappa shape index (κ1) is 14.7. The zero-order valence-electron chi connectivity index (χ0n) is 12.2. The molecular weight excluding hydrogens is 304 g/mol. The predicted octanol–water partition coefficient (Wildman–Crippen LogP) is 2.76. The van der Waals surface area contributed by atoms with Crippen LogP contribution in [0.25, 0.3) is 0 Å². The number of benzene rings is 1. The maximum absolute atomic E-state index is 12.6. The summed E-state index contributed by atoms with van der Waals surface area (Å²) in [5, 5.41) is 2.86. The first-order chi connectivity index (χ1) is 9.96. The molecule has 21 heavy (non-hydrogen) atoms. The Balaban J connectivity index is 1.85. The molecule has 6 heteroatoms. The van der Waals surface area contributed by atoms with Gasteiger partial charge in [0, 0.05) is 12.4 Å². The molecule has 1 heterocycles. The summed E-state index contributed by atoms with van der Waals surface area (Å²) in [4.78, 5) is 4.71. The number of rotatable bonds is 4. The predicted molar refractivity (Wildman–Crippen MR) is 84.0 cm³/mol. The summed E-state index contributed by atoms with van der Waals surface area (Å²) in [5.41, 5.74) is 3.26. The van der Waals surface area contributed by atoms with E-state index in [1.807, 2.05) is 24.4 Å². The first-order valence-electron chi connectivity index (χ1n) is 6.96. The fourth-order valence-corrected chi connectivity index (χ4v) is 4.48. The van der Waals surface area contributed by atoms with Gasteiger partial charge in [0.15, 0.2) is 0 Å². The average molecular weight is 322 g/mol. The fraction of sp³-hybridized carbons (Fsp3) is 0.400. The van der Waals surface area contributed by atoms with Crippen LogP contribution in [-0.4, -0.2) is 24.8 Å². The molecule has 112 valence electrons. The van der Waals surface area contributed by atoms with Crippen molar-refractivity contribution in [1.82, 2.24) is 9.29 Å². The standard InChI is InChI=1S/C15H18N2O2S2/c1-11-16-14(10-20-11)9-17(2)21(18,19)15-7-6-12-4-3-5-13(12)8-15/h6-8,10H,3-5,9H2,1-2H3. The topological polar surface area (TPSA) is 50.3 Å². The van der Waals surface area contributed by atoms with Crippen molar-refractivity contribution in [2.75, 3.05) is 7.05 Å². The molecule has 0 N–H and O–H groups in total. The second-order valence-corrected chi connectivity index (χ2v) is 8.51. The van der Waals surface area contributed by atoms with Gasteiger partial charge in [0.1, 0.15) is 0 Å². The molecule has 0 saturated carbocycles. The van der Waals surface area contributed by atoms with Crippen molar-refractivity contribution >= 4 is 21.4 Å². The van der Waals surface area contributed by atoms with Crippen molar-refractivity contribution < 1.29 is 8.42 Å². The highest BCUT2D eigenvalue weighted by Gasteiger charge is 2.23. The Bertz CT molecular complexity index is 766. The summed E-state index contributed by atoms with van der Waals surface area (Å²) in [7, 11) is -1.84. The molecule has 0 radical (unpaired) electrons. The van der Waals surface area contributed by atoms with Crippen LogP contribution < -0.4 is 0 Å². The molecule has 3 rings (SSSR count). The lowest BCUT2D eigenvalue weighted by Gasteiger charge is -2.16. The maximum atomic E-state index is 12.6. The van der Waals surface area contributed by atoms with Gasteiger partial charge < -0.3 is 0 Å². The van der Waals surface area contributed by atoms with E-state index in [9.17, 15) is 8.42 Å². The van der Waals surface area contributed by atoms with E-state index in [4.69, 9.17) is 0 Å². The maximum Gasteiger partial charge on any atom is 0.243 e. The highest BCUT2D eigenvalue weighted by molar-refractivity contribution is 7.89. The largest absolute Gasteiger partial charge is 0.245 e. The Morgan fingerprint density at radius 1 is 1.29 bits per heavy atom. The Morgan fingerprint density at radius 2 is 2.05 bits per heavy atom. The molecule has 1 aromatic heterocycles. The third-order valence-electron chi connectivity index (χ3n) is 3.83. The van der Waals surface area contributed by atoms with Crippen molar-refractivity contribution in [2.45, 2.75) is 37.6 Å². The summed E-state index contributed by atoms with van der Waals surface area (Å²) in [6.45, 7) is 2.23. The smallest absolute Gasteiger partial charge is 0.243 e. The monoisotopic (exact) mass is 322 g/mol. The zero-order chi connectivity index (χ0) is 15.0. The zero-order valence-corrected chi connectivity index (χ0v) is 13.8. The number of thiazole rings is 1. The third kappa shape index (κ3) is 2.88. The fourth-order valence-electron chi connectivity index (χ4n) is 2.68. The number of aromatic nitrogens is 1. The van der Waals surface area contributed by atoms with Gasteiger partial charge in [-0.3, -0.25) is 0 Å². The molecule has 0 bridgehead atoms. The quantitative estimate of drug-likeness (QED) is 0.870. The summed E-state index contributed by atoms with van der Waals surface area (Å²) in [5.74, 6) is 0. The van der Waals surface area contributed by atoms with Gasteiger partial charge >= 0.3 is 0 Å². The molecule has 1 aromatic carbocycles. The minimum Gasteiger partial charge on any atom is -0.245 e. The van der Waals surface area contributed by atoms with Gasteiger partial charge in [-0.25, -0.2) is 13.4 Å². The number of nitrogens with zero attached hydrogens (tertiary/aromatic N) is 2. The number of aryl methyl sites for hydroxylation is 3. The molecule has 0 aliphatic heterocycles. The van der Waals surface area contributed by atoms with E-state index in [0.717, 1.165) is 30.0 Å². The van der Waals surface area contributed by atoms with Crippen LogP contribution in [0.5, 0.6) is 0 Å². The highest BCUT2D eigenvalue weighted by atomic mass is 32.2. The number of fused-ring (bicyclic) bond motifs is 1. The summed E-state index contributed by atoms with van der Waals surface area (Å²) < 4.78 is 26.7. The van der Waals surface area contributed by atoms with Gasteiger partial charge in [0.05, 0.1) is 22.1 Å². The molecule has 0 saturated heterocycles. The third-order valence-corrected chi connectivity index (χ3v) is 6.45. The number of hydrogen-bond donors (Lipinski definition) is 0. The van der Waals surface area contributed by atoms with Crippen LogP contribution in [0.3, 0.4) is 0 Å². The summed E-state index contributed by atoms with van der Waals surface area (Å²) in [6, 6.07) is 5.51. The average Bonchev–Trinajstić information content (AvgIpc) is 3.06. The summed E-state index contributed by atoms with van der Waals surface area (Å²) >= 11 is 1.54. The minimum atomic E-state index is -3.45. The molecule has 0 unspecified atom stereocenters. The lowest BCUT2D eigenvalue weighted by molar-refractivity contribution is 0.462. The van der Waals surface area contributed by atoms with Gasteiger partial charge in [-0.15, -0.1) is 11.3 Å². The highest BCUT2D eigenvalue weighted by Crippen LogP contribution is 2.26. The second-order valence-electron chi connectivity index (χ2n) is 5.40. The van der Waals surface area contributed by atoms with Crippen molar-refractivity contribution in [3.8, 4) is 0 Å². The van der Waals surface area contributed by atoms with Crippen LogP contribution in [0, 0.1) is 6.92 Å². The summed E-state index contributed by atoms with van der Waals surface area (Å²) in [6.07, 6.45) is 3.16. The van der Waals surface area contributed by atoms with Gasteiger partial charge in [0.25, 0.3) is 0 Å². The van der Waals surface area contributed by atoms with Gasteiger partial charge in [-0.05, 0) is 49.4 Å². The molecule has 0 atom stereocenters. The van der Waals surface area contributed by atoms with Crippen LogP contribution in [0.2, 0.25) is 0 Å². The van der Waals surface area contributed by atoms with Crippen LogP contribution in [-0.2, 0) is 29.4 Å². The van der Waals surface area contributed by atoms with E-state index >= 15 is 0 Å². The number of sulfonamides is 1. The lowest BCUT2D eigenvalue weighted by Crippen LogP contribution is -2.26.